The lowest BCUT2D eigenvalue weighted by Gasteiger charge is -2.03. The normalized spacial score (nSPS) is 9.39. The van der Waals surface area contributed by atoms with Gasteiger partial charge in [-0.05, 0) is 19.1 Å². The molecule has 0 aliphatic rings. The highest BCUT2D eigenvalue weighted by molar-refractivity contribution is 5.90. The van der Waals surface area contributed by atoms with Gasteiger partial charge in [0.2, 0.25) is 0 Å². The molecule has 0 saturated heterocycles. The van der Waals surface area contributed by atoms with Gasteiger partial charge < -0.3 is 14.2 Å². The number of hydrogen-bond acceptors (Lipinski definition) is 5. The second-order valence-corrected chi connectivity index (χ2v) is 3.27. The minimum atomic E-state index is -0.396. The highest BCUT2D eigenvalue weighted by Gasteiger charge is 2.02. The van der Waals surface area contributed by atoms with Crippen molar-refractivity contribution in [2.24, 2.45) is 0 Å². The molecule has 0 aliphatic carbocycles. The first-order valence-electron chi connectivity index (χ1n) is 5.28. The first kappa shape index (κ1) is 16.3. The van der Waals surface area contributed by atoms with Crippen LogP contribution < -0.4 is 0 Å². The maximum absolute atomic E-state index is 10.9. The minimum absolute atomic E-state index is 0.0648. The molecule has 0 N–H and O–H groups in total. The van der Waals surface area contributed by atoms with Crippen molar-refractivity contribution in [1.82, 2.24) is 0 Å². The predicted octanol–water partition coefficient (Wildman–Crippen LogP) is 1.91. The summed E-state index contributed by atoms with van der Waals surface area (Å²) in [6, 6.07) is 6.24. The summed E-state index contributed by atoms with van der Waals surface area (Å²) >= 11 is 0. The van der Waals surface area contributed by atoms with Gasteiger partial charge in [0.05, 0.1) is 12.7 Å². The fourth-order valence-corrected chi connectivity index (χ4v) is 0.912. The molecule has 5 nitrogen and oxygen atoms in total. The van der Waals surface area contributed by atoms with Crippen molar-refractivity contribution in [3.8, 4) is 0 Å². The molecule has 0 aliphatic heterocycles. The largest absolute Gasteiger partial charge is 0.465 e. The fraction of sp³-hybridized carbons (Fsp3) is 0.385. The van der Waals surface area contributed by atoms with Crippen LogP contribution in [0.4, 0.5) is 0 Å². The SMILES string of the molecule is COC(=O)c1ccc(C=O)cc1.COC(C)OC. The van der Waals surface area contributed by atoms with Gasteiger partial charge in [0.25, 0.3) is 0 Å². The van der Waals surface area contributed by atoms with Gasteiger partial charge in [0, 0.05) is 19.8 Å². The Bertz CT molecular complexity index is 354. The molecule has 1 aromatic rings. The van der Waals surface area contributed by atoms with Crippen LogP contribution in [-0.4, -0.2) is 39.9 Å². The second-order valence-electron chi connectivity index (χ2n) is 3.27. The van der Waals surface area contributed by atoms with Crippen LogP contribution in [0.3, 0.4) is 0 Å². The van der Waals surface area contributed by atoms with E-state index in [4.69, 9.17) is 0 Å². The van der Waals surface area contributed by atoms with E-state index in [1.165, 1.54) is 7.11 Å². The summed E-state index contributed by atoms with van der Waals surface area (Å²) in [6.07, 6.45) is 0.658. The average Bonchev–Trinajstić information content (AvgIpc) is 2.46. The third-order valence-corrected chi connectivity index (χ3v) is 2.13. The summed E-state index contributed by atoms with van der Waals surface area (Å²) in [4.78, 5) is 21.1. The van der Waals surface area contributed by atoms with Crippen LogP contribution in [0.1, 0.15) is 27.6 Å². The number of methoxy groups -OCH3 is 3. The third kappa shape index (κ3) is 6.12. The van der Waals surface area contributed by atoms with Crippen LogP contribution in [0.5, 0.6) is 0 Å². The topological polar surface area (TPSA) is 61.8 Å². The van der Waals surface area contributed by atoms with Crippen LogP contribution in [0, 0.1) is 0 Å². The Morgan fingerprint density at radius 1 is 1.11 bits per heavy atom. The van der Waals surface area contributed by atoms with Crippen LogP contribution in [-0.2, 0) is 14.2 Å². The van der Waals surface area contributed by atoms with Gasteiger partial charge in [-0.2, -0.15) is 0 Å². The number of ether oxygens (including phenoxy) is 3. The first-order chi connectivity index (χ1) is 8.58. The molecule has 100 valence electrons. The van der Waals surface area contributed by atoms with Gasteiger partial charge >= 0.3 is 5.97 Å². The third-order valence-electron chi connectivity index (χ3n) is 2.13. The summed E-state index contributed by atoms with van der Waals surface area (Å²) in [5.74, 6) is -0.396. The molecule has 0 saturated carbocycles. The molecule has 0 atom stereocenters. The minimum Gasteiger partial charge on any atom is -0.465 e. The molecule has 0 spiro atoms. The smallest absolute Gasteiger partial charge is 0.337 e. The number of aldehydes is 1. The monoisotopic (exact) mass is 254 g/mol. The summed E-state index contributed by atoms with van der Waals surface area (Å²) in [5, 5.41) is 0. The lowest BCUT2D eigenvalue weighted by atomic mass is 10.1. The Balaban J connectivity index is 0.000000411. The number of rotatable bonds is 4. The van der Waals surface area contributed by atoms with Crippen molar-refractivity contribution in [2.45, 2.75) is 13.2 Å². The van der Waals surface area contributed by atoms with Crippen molar-refractivity contribution >= 4 is 12.3 Å². The Morgan fingerprint density at radius 3 is 1.89 bits per heavy atom. The van der Waals surface area contributed by atoms with Gasteiger partial charge in [-0.25, -0.2) is 4.79 Å². The van der Waals surface area contributed by atoms with Crippen LogP contribution in [0.15, 0.2) is 24.3 Å². The van der Waals surface area contributed by atoms with Crippen molar-refractivity contribution in [3.05, 3.63) is 35.4 Å². The number of hydrogen-bond donors (Lipinski definition) is 0. The molecule has 18 heavy (non-hydrogen) atoms. The van der Waals surface area contributed by atoms with E-state index in [2.05, 4.69) is 14.2 Å². The van der Waals surface area contributed by atoms with Gasteiger partial charge in [0.15, 0.2) is 6.29 Å². The Morgan fingerprint density at radius 2 is 1.61 bits per heavy atom. The van der Waals surface area contributed by atoms with Crippen LogP contribution in [0.2, 0.25) is 0 Å². The fourth-order valence-electron chi connectivity index (χ4n) is 0.912. The van der Waals surface area contributed by atoms with Gasteiger partial charge in [-0.1, -0.05) is 12.1 Å². The highest BCUT2D eigenvalue weighted by atomic mass is 16.7. The molecule has 0 amide bonds. The van der Waals surface area contributed by atoms with Crippen molar-refractivity contribution < 1.29 is 23.8 Å². The van der Waals surface area contributed by atoms with E-state index in [1.54, 1.807) is 38.5 Å². The number of esters is 1. The second kappa shape index (κ2) is 9.32. The zero-order chi connectivity index (χ0) is 14.0. The number of carbonyl (C=O) groups is 2. The molecular formula is C13H18O5. The van der Waals surface area contributed by atoms with Crippen LogP contribution >= 0.6 is 0 Å². The quantitative estimate of drug-likeness (QED) is 0.466. The van der Waals surface area contributed by atoms with Crippen LogP contribution in [0.25, 0.3) is 0 Å². The Kier molecular flexibility index (Phi) is 8.43. The van der Waals surface area contributed by atoms with E-state index >= 15 is 0 Å². The molecule has 0 heterocycles. The van der Waals surface area contributed by atoms with Gasteiger partial charge in [0.1, 0.15) is 6.29 Å². The van der Waals surface area contributed by atoms with E-state index in [1.807, 2.05) is 6.92 Å². The standard InChI is InChI=1S/C9H8O3.C4H10O2/c1-12-9(11)8-4-2-7(6-10)3-5-8;1-4(5-2)6-3/h2-6H,1H3;4H,1-3H3. The summed E-state index contributed by atoms with van der Waals surface area (Å²) in [7, 11) is 4.53. The van der Waals surface area contributed by atoms with Crippen molar-refractivity contribution in [2.75, 3.05) is 21.3 Å². The van der Waals surface area contributed by atoms with Crippen molar-refractivity contribution in [1.29, 1.82) is 0 Å². The Hall–Kier alpha value is -1.72. The number of benzene rings is 1. The van der Waals surface area contributed by atoms with E-state index in [0.29, 0.717) is 11.1 Å². The molecule has 0 bridgehead atoms. The maximum Gasteiger partial charge on any atom is 0.337 e. The predicted molar refractivity (Wildman–Crippen MR) is 66.6 cm³/mol. The molecule has 0 radical (unpaired) electrons. The number of carbonyl (C=O) groups excluding carboxylic acids is 2. The lowest BCUT2D eigenvalue weighted by Crippen LogP contribution is -2.05. The molecule has 1 aromatic carbocycles. The summed E-state index contributed by atoms with van der Waals surface area (Å²) < 4.78 is 13.8. The van der Waals surface area contributed by atoms with E-state index in [-0.39, 0.29) is 6.29 Å². The zero-order valence-corrected chi connectivity index (χ0v) is 11.0. The highest BCUT2D eigenvalue weighted by Crippen LogP contribution is 2.03. The summed E-state index contributed by atoms with van der Waals surface area (Å²) in [5.41, 5.74) is 0.991. The maximum atomic E-state index is 10.9. The summed E-state index contributed by atoms with van der Waals surface area (Å²) in [6.45, 7) is 1.83. The average molecular weight is 254 g/mol. The molecule has 0 fully saturated rings. The van der Waals surface area contributed by atoms with E-state index < -0.39 is 5.97 Å². The van der Waals surface area contributed by atoms with E-state index in [0.717, 1.165) is 6.29 Å². The molecule has 5 heteroatoms. The molecular weight excluding hydrogens is 236 g/mol. The van der Waals surface area contributed by atoms with Gasteiger partial charge in [-0.15, -0.1) is 0 Å². The zero-order valence-electron chi connectivity index (χ0n) is 11.0. The van der Waals surface area contributed by atoms with Crippen molar-refractivity contribution in [3.63, 3.8) is 0 Å². The molecule has 1 rings (SSSR count). The van der Waals surface area contributed by atoms with Gasteiger partial charge in [-0.3, -0.25) is 4.79 Å². The van der Waals surface area contributed by atoms with E-state index in [9.17, 15) is 9.59 Å². The Labute approximate surface area is 107 Å². The molecule has 0 aromatic heterocycles. The molecule has 0 unspecified atom stereocenters. The first-order valence-corrected chi connectivity index (χ1v) is 5.28. The lowest BCUT2D eigenvalue weighted by molar-refractivity contribution is -0.0877.